The molecule has 1 aromatic carbocycles. The van der Waals surface area contributed by atoms with Crippen molar-refractivity contribution in [3.05, 3.63) is 51.5 Å². The second-order valence-corrected chi connectivity index (χ2v) is 8.30. The molecule has 1 aliphatic rings. The van der Waals surface area contributed by atoms with Crippen molar-refractivity contribution >= 4 is 17.3 Å². The molecule has 1 unspecified atom stereocenters. The summed E-state index contributed by atoms with van der Waals surface area (Å²) in [7, 11) is 5.61. The van der Waals surface area contributed by atoms with E-state index in [9.17, 15) is 0 Å². The Balaban J connectivity index is 1.61. The summed E-state index contributed by atoms with van der Waals surface area (Å²) >= 11 is 1.65. The van der Waals surface area contributed by atoms with Gasteiger partial charge in [0.25, 0.3) is 0 Å². The standard InChI is InChI=1S/C21H30N4OS/c1-15-8-6-7-9-18(15)21(10-11-21)14-23-20(22-3)25(4)12-17-13-27-19(24-17)16(2)26-5/h6-9,13,16H,10-12,14H2,1-5H3,(H,22,23). The van der Waals surface area contributed by atoms with Gasteiger partial charge in [0.2, 0.25) is 0 Å². The summed E-state index contributed by atoms with van der Waals surface area (Å²) in [6.45, 7) is 5.87. The molecule has 0 spiro atoms. The Bertz CT molecular complexity index is 797. The van der Waals surface area contributed by atoms with E-state index in [1.54, 1.807) is 18.4 Å². The lowest BCUT2D eigenvalue weighted by atomic mass is 9.92. The smallest absolute Gasteiger partial charge is 0.193 e. The van der Waals surface area contributed by atoms with Gasteiger partial charge in [-0.15, -0.1) is 11.3 Å². The molecule has 1 saturated carbocycles. The number of ether oxygens (including phenoxy) is 1. The van der Waals surface area contributed by atoms with Crippen molar-refractivity contribution in [2.75, 3.05) is 27.7 Å². The summed E-state index contributed by atoms with van der Waals surface area (Å²) in [6.07, 6.45) is 2.50. The molecule has 1 heterocycles. The lowest BCUT2D eigenvalue weighted by Gasteiger charge is -2.25. The minimum atomic E-state index is 0.0373. The van der Waals surface area contributed by atoms with Crippen molar-refractivity contribution in [2.24, 2.45) is 4.99 Å². The normalized spacial score (nSPS) is 16.9. The zero-order valence-corrected chi connectivity index (χ0v) is 17.8. The van der Waals surface area contributed by atoms with E-state index in [0.29, 0.717) is 0 Å². The number of aryl methyl sites for hydroxylation is 1. The highest BCUT2D eigenvalue weighted by atomic mass is 32.1. The number of thiazole rings is 1. The number of hydrogen-bond acceptors (Lipinski definition) is 4. The van der Waals surface area contributed by atoms with Crippen molar-refractivity contribution in [3.63, 3.8) is 0 Å². The first-order chi connectivity index (χ1) is 13.0. The fourth-order valence-corrected chi connectivity index (χ4v) is 4.34. The van der Waals surface area contributed by atoms with Gasteiger partial charge in [0, 0.05) is 38.5 Å². The summed E-state index contributed by atoms with van der Waals surface area (Å²) < 4.78 is 5.36. The monoisotopic (exact) mass is 386 g/mol. The first-order valence-electron chi connectivity index (χ1n) is 9.44. The summed E-state index contributed by atoms with van der Waals surface area (Å²) in [6, 6.07) is 8.73. The summed E-state index contributed by atoms with van der Waals surface area (Å²) in [4.78, 5) is 11.3. The van der Waals surface area contributed by atoms with Crippen LogP contribution in [0.4, 0.5) is 0 Å². The molecule has 27 heavy (non-hydrogen) atoms. The minimum Gasteiger partial charge on any atom is -0.375 e. The Morgan fingerprint density at radius 3 is 2.78 bits per heavy atom. The van der Waals surface area contributed by atoms with E-state index in [-0.39, 0.29) is 11.5 Å². The fourth-order valence-electron chi connectivity index (χ4n) is 3.49. The van der Waals surface area contributed by atoms with Gasteiger partial charge in [0.15, 0.2) is 5.96 Å². The summed E-state index contributed by atoms with van der Waals surface area (Å²) in [5.74, 6) is 0.907. The Kier molecular flexibility index (Phi) is 6.17. The SMILES string of the molecule is CN=C(NCC1(c2ccccc2C)CC1)N(C)Cc1csc(C(C)OC)n1. The Hall–Kier alpha value is -1.92. The molecule has 0 bridgehead atoms. The minimum absolute atomic E-state index is 0.0373. The third-order valence-electron chi connectivity index (χ3n) is 5.40. The van der Waals surface area contributed by atoms with Crippen molar-refractivity contribution in [2.45, 2.75) is 44.8 Å². The molecular formula is C21H30N4OS. The van der Waals surface area contributed by atoms with E-state index in [1.807, 2.05) is 14.0 Å². The van der Waals surface area contributed by atoms with Crippen LogP contribution in [0.2, 0.25) is 0 Å². The van der Waals surface area contributed by atoms with Gasteiger partial charge in [-0.2, -0.15) is 0 Å². The molecule has 5 nitrogen and oxygen atoms in total. The average molecular weight is 387 g/mol. The molecular weight excluding hydrogens is 356 g/mol. The van der Waals surface area contributed by atoms with E-state index in [1.165, 1.54) is 24.0 Å². The molecule has 146 valence electrons. The molecule has 2 aromatic rings. The fraction of sp³-hybridized carbons (Fsp3) is 0.524. The number of rotatable bonds is 7. The molecule has 6 heteroatoms. The maximum absolute atomic E-state index is 5.36. The van der Waals surface area contributed by atoms with Crippen LogP contribution in [0.3, 0.4) is 0 Å². The summed E-state index contributed by atoms with van der Waals surface area (Å²) in [5.41, 5.74) is 4.14. The number of nitrogens with zero attached hydrogens (tertiary/aromatic N) is 3. The molecule has 3 rings (SSSR count). The number of aliphatic imine (C=N–C) groups is 1. The average Bonchev–Trinajstić information content (AvgIpc) is 3.31. The van der Waals surface area contributed by atoms with Gasteiger partial charge in [-0.25, -0.2) is 4.98 Å². The van der Waals surface area contributed by atoms with Gasteiger partial charge in [-0.3, -0.25) is 4.99 Å². The first-order valence-corrected chi connectivity index (χ1v) is 10.3. The van der Waals surface area contributed by atoms with E-state index < -0.39 is 0 Å². The van der Waals surface area contributed by atoms with Crippen LogP contribution >= 0.6 is 11.3 Å². The highest BCUT2D eigenvalue weighted by Crippen LogP contribution is 2.48. The highest BCUT2D eigenvalue weighted by molar-refractivity contribution is 7.09. The van der Waals surface area contributed by atoms with Crippen LogP contribution in [0.5, 0.6) is 0 Å². The van der Waals surface area contributed by atoms with Crippen LogP contribution in [0.15, 0.2) is 34.6 Å². The van der Waals surface area contributed by atoms with Gasteiger partial charge in [0.1, 0.15) is 11.1 Å². The maximum atomic E-state index is 5.36. The second-order valence-electron chi connectivity index (χ2n) is 7.41. The molecule has 0 saturated heterocycles. The summed E-state index contributed by atoms with van der Waals surface area (Å²) in [5, 5.41) is 6.70. The van der Waals surface area contributed by atoms with Crippen LogP contribution in [0.1, 0.15) is 47.7 Å². The molecule has 0 amide bonds. The van der Waals surface area contributed by atoms with Crippen LogP contribution in [-0.2, 0) is 16.7 Å². The largest absolute Gasteiger partial charge is 0.375 e. The Morgan fingerprint density at radius 1 is 1.41 bits per heavy atom. The van der Waals surface area contributed by atoms with E-state index in [2.05, 4.69) is 63.8 Å². The number of guanidine groups is 1. The van der Waals surface area contributed by atoms with Crippen molar-refractivity contribution < 1.29 is 4.74 Å². The first kappa shape index (κ1) is 19.8. The number of methoxy groups -OCH3 is 1. The van der Waals surface area contributed by atoms with Crippen molar-refractivity contribution in [1.82, 2.24) is 15.2 Å². The Labute approximate surface area is 166 Å². The zero-order valence-electron chi connectivity index (χ0n) is 17.0. The topological polar surface area (TPSA) is 49.8 Å². The van der Waals surface area contributed by atoms with Crippen LogP contribution in [0, 0.1) is 6.92 Å². The number of benzene rings is 1. The maximum Gasteiger partial charge on any atom is 0.193 e. The number of nitrogens with one attached hydrogen (secondary N) is 1. The molecule has 0 aliphatic heterocycles. The third kappa shape index (κ3) is 4.50. The van der Waals surface area contributed by atoms with E-state index in [0.717, 1.165) is 29.8 Å². The van der Waals surface area contributed by atoms with Gasteiger partial charge < -0.3 is 15.0 Å². The second kappa shape index (κ2) is 8.40. The van der Waals surface area contributed by atoms with Crippen molar-refractivity contribution in [3.8, 4) is 0 Å². The molecule has 1 aromatic heterocycles. The van der Waals surface area contributed by atoms with E-state index in [4.69, 9.17) is 4.74 Å². The van der Waals surface area contributed by atoms with Gasteiger partial charge in [-0.1, -0.05) is 24.3 Å². The molecule has 1 atom stereocenters. The zero-order chi connectivity index (χ0) is 19.4. The quantitative estimate of drug-likeness (QED) is 0.579. The molecule has 1 fully saturated rings. The number of hydrogen-bond donors (Lipinski definition) is 1. The van der Waals surface area contributed by atoms with E-state index >= 15 is 0 Å². The predicted molar refractivity (Wildman–Crippen MR) is 112 cm³/mol. The van der Waals surface area contributed by atoms with Crippen molar-refractivity contribution in [1.29, 1.82) is 0 Å². The highest BCUT2D eigenvalue weighted by Gasteiger charge is 2.45. The van der Waals surface area contributed by atoms with Gasteiger partial charge in [-0.05, 0) is 37.8 Å². The van der Waals surface area contributed by atoms with Crippen LogP contribution < -0.4 is 5.32 Å². The van der Waals surface area contributed by atoms with Crippen LogP contribution in [0.25, 0.3) is 0 Å². The molecule has 1 N–H and O–H groups in total. The number of aromatic nitrogens is 1. The Morgan fingerprint density at radius 2 is 2.15 bits per heavy atom. The lowest BCUT2D eigenvalue weighted by molar-refractivity contribution is 0.119. The molecule has 1 aliphatic carbocycles. The third-order valence-corrected chi connectivity index (χ3v) is 6.45. The lowest BCUT2D eigenvalue weighted by Crippen LogP contribution is -2.42. The van der Waals surface area contributed by atoms with Gasteiger partial charge >= 0.3 is 0 Å². The van der Waals surface area contributed by atoms with Gasteiger partial charge in [0.05, 0.1) is 12.2 Å². The molecule has 0 radical (unpaired) electrons. The predicted octanol–water partition coefficient (Wildman–Crippen LogP) is 3.90. The van der Waals surface area contributed by atoms with Crippen LogP contribution in [-0.4, -0.2) is 43.6 Å².